The highest BCUT2D eigenvalue weighted by molar-refractivity contribution is 5.68. The molecule has 1 unspecified atom stereocenters. The van der Waals surface area contributed by atoms with E-state index in [0.29, 0.717) is 38.2 Å². The summed E-state index contributed by atoms with van der Waals surface area (Å²) in [7, 11) is 0. The Morgan fingerprint density at radius 2 is 2.40 bits per heavy atom. The highest BCUT2D eigenvalue weighted by Gasteiger charge is 2.27. The SMILES string of the molecule is CCOc1cc(C)nc(N2CCOCC2CC(=O)O)n1. The average Bonchev–Trinajstić information content (AvgIpc) is 2.38. The van der Waals surface area contributed by atoms with Gasteiger partial charge in [0.1, 0.15) is 0 Å². The summed E-state index contributed by atoms with van der Waals surface area (Å²) < 4.78 is 10.8. The van der Waals surface area contributed by atoms with Gasteiger partial charge in [0.05, 0.1) is 32.3 Å². The minimum Gasteiger partial charge on any atom is -0.481 e. The van der Waals surface area contributed by atoms with E-state index in [2.05, 4.69) is 9.97 Å². The van der Waals surface area contributed by atoms with Crippen molar-refractivity contribution in [3.63, 3.8) is 0 Å². The summed E-state index contributed by atoms with van der Waals surface area (Å²) in [5.41, 5.74) is 0.791. The molecule has 1 aliphatic rings. The van der Waals surface area contributed by atoms with Crippen LogP contribution in [0.3, 0.4) is 0 Å². The van der Waals surface area contributed by atoms with Crippen molar-refractivity contribution in [2.75, 3.05) is 31.3 Å². The minimum atomic E-state index is -0.858. The Hall–Kier alpha value is -1.89. The van der Waals surface area contributed by atoms with Gasteiger partial charge in [-0.1, -0.05) is 0 Å². The molecule has 1 N–H and O–H groups in total. The van der Waals surface area contributed by atoms with E-state index in [-0.39, 0.29) is 12.5 Å². The zero-order chi connectivity index (χ0) is 14.5. The van der Waals surface area contributed by atoms with Crippen LogP contribution in [0.5, 0.6) is 5.88 Å². The fourth-order valence-corrected chi connectivity index (χ4v) is 2.16. The first-order valence-corrected chi connectivity index (χ1v) is 6.64. The summed E-state index contributed by atoms with van der Waals surface area (Å²) in [6.07, 6.45) is 0.00126. The molecule has 0 amide bonds. The van der Waals surface area contributed by atoms with E-state index in [1.54, 1.807) is 6.07 Å². The summed E-state index contributed by atoms with van der Waals surface area (Å²) in [6.45, 7) is 5.76. The molecule has 0 bridgehead atoms. The number of morpholine rings is 1. The maximum atomic E-state index is 10.9. The Labute approximate surface area is 117 Å². The number of ether oxygens (including phenoxy) is 2. The van der Waals surface area contributed by atoms with Crippen LogP contribution in [0.2, 0.25) is 0 Å². The third-order valence-corrected chi connectivity index (χ3v) is 3.01. The Bertz CT molecular complexity index is 481. The number of aromatic nitrogens is 2. The van der Waals surface area contributed by atoms with E-state index in [1.165, 1.54) is 0 Å². The van der Waals surface area contributed by atoms with Crippen LogP contribution in [-0.4, -0.2) is 53.5 Å². The summed E-state index contributed by atoms with van der Waals surface area (Å²) in [6, 6.07) is 1.51. The maximum Gasteiger partial charge on any atom is 0.305 e. The zero-order valence-corrected chi connectivity index (χ0v) is 11.7. The highest BCUT2D eigenvalue weighted by Crippen LogP contribution is 2.21. The fraction of sp³-hybridized carbons (Fsp3) is 0.615. The lowest BCUT2D eigenvalue weighted by atomic mass is 10.1. The molecule has 110 valence electrons. The molecule has 1 fully saturated rings. The van der Waals surface area contributed by atoms with Gasteiger partial charge in [0.25, 0.3) is 0 Å². The standard InChI is InChI=1S/C13H19N3O4/c1-3-20-11-6-9(2)14-13(15-11)16-4-5-19-8-10(16)7-12(17)18/h6,10H,3-5,7-8H2,1-2H3,(H,17,18). The number of anilines is 1. The number of aryl methyl sites for hydroxylation is 1. The number of aliphatic carboxylic acids is 1. The Balaban J connectivity index is 2.24. The molecular weight excluding hydrogens is 262 g/mol. The van der Waals surface area contributed by atoms with Crippen LogP contribution >= 0.6 is 0 Å². The normalized spacial score (nSPS) is 18.9. The second-order valence-corrected chi connectivity index (χ2v) is 4.60. The maximum absolute atomic E-state index is 10.9. The summed E-state index contributed by atoms with van der Waals surface area (Å²) in [5.74, 6) is 0.154. The number of carbonyl (C=O) groups is 1. The third kappa shape index (κ3) is 3.57. The van der Waals surface area contributed by atoms with Crippen molar-refractivity contribution in [3.8, 4) is 5.88 Å². The van der Waals surface area contributed by atoms with E-state index in [0.717, 1.165) is 5.69 Å². The number of hydrogen-bond donors (Lipinski definition) is 1. The molecule has 1 aromatic rings. The van der Waals surface area contributed by atoms with Crippen molar-refractivity contribution in [3.05, 3.63) is 11.8 Å². The van der Waals surface area contributed by atoms with E-state index in [4.69, 9.17) is 14.6 Å². The van der Waals surface area contributed by atoms with Crippen LogP contribution in [0.25, 0.3) is 0 Å². The molecule has 20 heavy (non-hydrogen) atoms. The van der Waals surface area contributed by atoms with Gasteiger partial charge in [0, 0.05) is 18.3 Å². The quantitative estimate of drug-likeness (QED) is 0.856. The van der Waals surface area contributed by atoms with Gasteiger partial charge >= 0.3 is 5.97 Å². The molecule has 0 aliphatic carbocycles. The smallest absolute Gasteiger partial charge is 0.305 e. The molecule has 0 aromatic carbocycles. The summed E-state index contributed by atoms with van der Waals surface area (Å²) in [4.78, 5) is 21.5. The number of carboxylic acids is 1. The van der Waals surface area contributed by atoms with E-state index < -0.39 is 5.97 Å². The predicted molar refractivity (Wildman–Crippen MR) is 72.1 cm³/mol. The van der Waals surface area contributed by atoms with Gasteiger partial charge in [-0.15, -0.1) is 0 Å². The zero-order valence-electron chi connectivity index (χ0n) is 11.7. The lowest BCUT2D eigenvalue weighted by molar-refractivity contribution is -0.138. The summed E-state index contributed by atoms with van der Waals surface area (Å²) in [5, 5.41) is 8.98. The molecule has 1 saturated heterocycles. The fourth-order valence-electron chi connectivity index (χ4n) is 2.16. The Kier molecular flexibility index (Phi) is 4.73. The van der Waals surface area contributed by atoms with Gasteiger partial charge in [-0.2, -0.15) is 4.98 Å². The van der Waals surface area contributed by atoms with Crippen molar-refractivity contribution in [2.24, 2.45) is 0 Å². The molecule has 1 aromatic heterocycles. The first-order valence-electron chi connectivity index (χ1n) is 6.64. The third-order valence-electron chi connectivity index (χ3n) is 3.01. The van der Waals surface area contributed by atoms with Gasteiger partial charge in [-0.25, -0.2) is 4.98 Å². The van der Waals surface area contributed by atoms with Crippen molar-refractivity contribution in [1.82, 2.24) is 9.97 Å². The topological polar surface area (TPSA) is 84.8 Å². The predicted octanol–water partition coefficient (Wildman–Crippen LogP) is 0.864. The second kappa shape index (κ2) is 6.51. The van der Waals surface area contributed by atoms with E-state index in [9.17, 15) is 4.79 Å². The van der Waals surface area contributed by atoms with Crippen LogP contribution < -0.4 is 9.64 Å². The van der Waals surface area contributed by atoms with Gasteiger partial charge in [0.2, 0.25) is 11.8 Å². The summed E-state index contributed by atoms with van der Waals surface area (Å²) >= 11 is 0. The lowest BCUT2D eigenvalue weighted by Crippen LogP contribution is -2.47. The van der Waals surface area contributed by atoms with Crippen LogP contribution in [0, 0.1) is 6.92 Å². The van der Waals surface area contributed by atoms with Crippen LogP contribution in [0.4, 0.5) is 5.95 Å². The van der Waals surface area contributed by atoms with Crippen molar-refractivity contribution < 1.29 is 19.4 Å². The number of hydrogen-bond acceptors (Lipinski definition) is 6. The molecule has 1 atom stereocenters. The molecule has 2 heterocycles. The van der Waals surface area contributed by atoms with E-state index >= 15 is 0 Å². The van der Waals surface area contributed by atoms with Gasteiger partial charge in [-0.3, -0.25) is 4.79 Å². The molecule has 2 rings (SSSR count). The molecule has 0 radical (unpaired) electrons. The largest absolute Gasteiger partial charge is 0.481 e. The van der Waals surface area contributed by atoms with Crippen LogP contribution in [0.1, 0.15) is 19.0 Å². The molecule has 1 aliphatic heterocycles. The first kappa shape index (κ1) is 14.5. The minimum absolute atomic E-state index is 0.00126. The van der Waals surface area contributed by atoms with Crippen molar-refractivity contribution >= 4 is 11.9 Å². The molecular formula is C13H19N3O4. The van der Waals surface area contributed by atoms with Crippen molar-refractivity contribution in [2.45, 2.75) is 26.3 Å². The van der Waals surface area contributed by atoms with Crippen LogP contribution in [-0.2, 0) is 9.53 Å². The average molecular weight is 281 g/mol. The highest BCUT2D eigenvalue weighted by atomic mass is 16.5. The number of carboxylic acid groups (broad SMARTS) is 1. The van der Waals surface area contributed by atoms with Gasteiger partial charge in [0.15, 0.2) is 0 Å². The molecule has 0 saturated carbocycles. The Morgan fingerprint density at radius 3 is 3.10 bits per heavy atom. The monoisotopic (exact) mass is 281 g/mol. The van der Waals surface area contributed by atoms with Gasteiger partial charge in [-0.05, 0) is 13.8 Å². The van der Waals surface area contributed by atoms with E-state index in [1.807, 2.05) is 18.7 Å². The Morgan fingerprint density at radius 1 is 1.60 bits per heavy atom. The van der Waals surface area contributed by atoms with Gasteiger partial charge < -0.3 is 19.5 Å². The first-order chi connectivity index (χ1) is 9.60. The second-order valence-electron chi connectivity index (χ2n) is 4.60. The number of rotatable bonds is 5. The molecule has 0 spiro atoms. The van der Waals surface area contributed by atoms with Crippen molar-refractivity contribution in [1.29, 1.82) is 0 Å². The van der Waals surface area contributed by atoms with Crippen LogP contribution in [0.15, 0.2) is 6.07 Å². The number of nitrogens with zero attached hydrogens (tertiary/aromatic N) is 3. The molecule has 7 heteroatoms. The molecule has 7 nitrogen and oxygen atoms in total. The lowest BCUT2D eigenvalue weighted by Gasteiger charge is -2.34.